The van der Waals surface area contributed by atoms with Gasteiger partial charge in [0.1, 0.15) is 0 Å². The summed E-state index contributed by atoms with van der Waals surface area (Å²) < 4.78 is 0. The van der Waals surface area contributed by atoms with Crippen LogP contribution in [0.1, 0.15) is 11.6 Å². The predicted octanol–water partition coefficient (Wildman–Crippen LogP) is 3.21. The SMILES string of the molecule is CN1CCN(C(=O)Nc2ccccc2)C(c2ccccc2)C1. The standard InChI is InChI=1S/C18H21N3O/c1-20-12-13-21(17(14-20)15-8-4-2-5-9-15)18(22)19-16-10-6-3-7-11-16/h2-11,17H,12-14H2,1H3,(H,19,22). The van der Waals surface area contributed by atoms with Gasteiger partial charge in [0, 0.05) is 25.3 Å². The molecule has 4 heteroatoms. The van der Waals surface area contributed by atoms with Crippen molar-refractivity contribution in [3.63, 3.8) is 0 Å². The Bertz CT molecular complexity index is 615. The summed E-state index contributed by atoms with van der Waals surface area (Å²) in [5, 5.41) is 2.99. The van der Waals surface area contributed by atoms with Gasteiger partial charge in [-0.15, -0.1) is 0 Å². The van der Waals surface area contributed by atoms with Crippen molar-refractivity contribution in [2.45, 2.75) is 6.04 Å². The lowest BCUT2D eigenvalue weighted by Crippen LogP contribution is -2.50. The zero-order valence-corrected chi connectivity index (χ0v) is 12.8. The third kappa shape index (κ3) is 3.28. The molecule has 1 unspecified atom stereocenters. The van der Waals surface area contributed by atoms with Crippen LogP contribution in [0.3, 0.4) is 0 Å². The first-order valence-corrected chi connectivity index (χ1v) is 7.60. The molecule has 0 radical (unpaired) electrons. The molecule has 1 N–H and O–H groups in total. The molecule has 2 aromatic rings. The summed E-state index contributed by atoms with van der Waals surface area (Å²) in [5.74, 6) is 0. The first kappa shape index (κ1) is 14.6. The summed E-state index contributed by atoms with van der Waals surface area (Å²) in [6.07, 6.45) is 0. The van der Waals surface area contributed by atoms with Crippen LogP contribution in [0.15, 0.2) is 60.7 Å². The van der Waals surface area contributed by atoms with E-state index in [0.717, 1.165) is 25.3 Å². The first-order valence-electron chi connectivity index (χ1n) is 7.60. The van der Waals surface area contributed by atoms with Crippen LogP contribution in [0, 0.1) is 0 Å². The number of rotatable bonds is 2. The summed E-state index contributed by atoms with van der Waals surface area (Å²) in [7, 11) is 2.10. The lowest BCUT2D eigenvalue weighted by molar-refractivity contribution is 0.117. The average Bonchev–Trinajstić information content (AvgIpc) is 2.56. The molecule has 0 bridgehead atoms. The highest BCUT2D eigenvalue weighted by molar-refractivity contribution is 5.89. The van der Waals surface area contributed by atoms with Gasteiger partial charge in [0.2, 0.25) is 0 Å². The smallest absolute Gasteiger partial charge is 0.315 e. The highest BCUT2D eigenvalue weighted by Crippen LogP contribution is 2.25. The number of hydrogen-bond acceptors (Lipinski definition) is 2. The number of urea groups is 1. The Morgan fingerprint density at radius 2 is 1.64 bits per heavy atom. The number of nitrogens with one attached hydrogen (secondary N) is 1. The van der Waals surface area contributed by atoms with Crippen LogP contribution in [-0.2, 0) is 0 Å². The number of nitrogens with zero attached hydrogens (tertiary/aromatic N) is 2. The van der Waals surface area contributed by atoms with E-state index in [2.05, 4.69) is 29.4 Å². The Labute approximate surface area is 131 Å². The Morgan fingerprint density at radius 1 is 1.00 bits per heavy atom. The topological polar surface area (TPSA) is 35.6 Å². The summed E-state index contributed by atoms with van der Waals surface area (Å²) in [6, 6.07) is 19.9. The minimum Gasteiger partial charge on any atom is -0.315 e. The van der Waals surface area contributed by atoms with Gasteiger partial charge in [-0.05, 0) is 24.7 Å². The molecule has 4 nitrogen and oxygen atoms in total. The van der Waals surface area contributed by atoms with Gasteiger partial charge in [0.05, 0.1) is 6.04 Å². The van der Waals surface area contributed by atoms with E-state index in [1.54, 1.807) is 0 Å². The minimum absolute atomic E-state index is 0.0341. The number of piperazine rings is 1. The first-order chi connectivity index (χ1) is 10.7. The van der Waals surface area contributed by atoms with Gasteiger partial charge < -0.3 is 15.1 Å². The number of hydrogen-bond donors (Lipinski definition) is 1. The molecule has 114 valence electrons. The fourth-order valence-electron chi connectivity index (χ4n) is 2.84. The van der Waals surface area contributed by atoms with Crippen LogP contribution >= 0.6 is 0 Å². The third-order valence-electron chi connectivity index (χ3n) is 4.05. The Morgan fingerprint density at radius 3 is 2.32 bits per heavy atom. The van der Waals surface area contributed by atoms with Gasteiger partial charge in [-0.25, -0.2) is 4.79 Å². The second kappa shape index (κ2) is 6.62. The van der Waals surface area contributed by atoms with Crippen LogP contribution in [0.4, 0.5) is 10.5 Å². The number of benzene rings is 2. The molecule has 0 aromatic heterocycles. The predicted molar refractivity (Wildman–Crippen MR) is 88.8 cm³/mol. The van der Waals surface area contributed by atoms with E-state index in [1.807, 2.05) is 53.4 Å². The van der Waals surface area contributed by atoms with E-state index in [1.165, 1.54) is 5.56 Å². The van der Waals surface area contributed by atoms with Crippen molar-refractivity contribution in [1.82, 2.24) is 9.80 Å². The molecule has 3 rings (SSSR count). The fraction of sp³-hybridized carbons (Fsp3) is 0.278. The molecule has 2 aromatic carbocycles. The van der Waals surface area contributed by atoms with Crippen molar-refractivity contribution in [2.75, 3.05) is 32.0 Å². The number of carbonyl (C=O) groups is 1. The van der Waals surface area contributed by atoms with E-state index in [4.69, 9.17) is 0 Å². The van der Waals surface area contributed by atoms with Gasteiger partial charge in [-0.2, -0.15) is 0 Å². The molecule has 22 heavy (non-hydrogen) atoms. The van der Waals surface area contributed by atoms with Crippen molar-refractivity contribution >= 4 is 11.7 Å². The van der Waals surface area contributed by atoms with E-state index >= 15 is 0 Å². The lowest BCUT2D eigenvalue weighted by atomic mass is 10.0. The quantitative estimate of drug-likeness (QED) is 0.923. The van der Waals surface area contributed by atoms with Crippen LogP contribution in [0.2, 0.25) is 0 Å². The number of likely N-dealkylation sites (N-methyl/N-ethyl adjacent to an activating group) is 1. The van der Waals surface area contributed by atoms with Crippen LogP contribution < -0.4 is 5.32 Å². The maximum absolute atomic E-state index is 12.7. The van der Waals surface area contributed by atoms with E-state index in [0.29, 0.717) is 0 Å². The lowest BCUT2D eigenvalue weighted by Gasteiger charge is -2.40. The van der Waals surface area contributed by atoms with Crippen LogP contribution in [-0.4, -0.2) is 42.5 Å². The van der Waals surface area contributed by atoms with Crippen molar-refractivity contribution in [2.24, 2.45) is 0 Å². The molecule has 0 saturated carbocycles. The molecular weight excluding hydrogens is 274 g/mol. The average molecular weight is 295 g/mol. The van der Waals surface area contributed by atoms with Crippen LogP contribution in [0.5, 0.6) is 0 Å². The van der Waals surface area contributed by atoms with Crippen LogP contribution in [0.25, 0.3) is 0 Å². The second-order valence-corrected chi connectivity index (χ2v) is 5.68. The van der Waals surface area contributed by atoms with Crippen molar-refractivity contribution in [3.8, 4) is 0 Å². The zero-order valence-electron chi connectivity index (χ0n) is 12.8. The second-order valence-electron chi connectivity index (χ2n) is 5.68. The number of carbonyl (C=O) groups excluding carboxylic acids is 1. The molecule has 1 atom stereocenters. The highest BCUT2D eigenvalue weighted by Gasteiger charge is 2.30. The summed E-state index contributed by atoms with van der Waals surface area (Å²) >= 11 is 0. The maximum Gasteiger partial charge on any atom is 0.322 e. The summed E-state index contributed by atoms with van der Waals surface area (Å²) in [4.78, 5) is 16.9. The number of anilines is 1. The Balaban J connectivity index is 1.79. The molecule has 1 fully saturated rings. The molecular formula is C18H21N3O. The zero-order chi connectivity index (χ0) is 15.4. The van der Waals surface area contributed by atoms with Gasteiger partial charge in [0.15, 0.2) is 0 Å². The summed E-state index contributed by atoms with van der Waals surface area (Å²) in [6.45, 7) is 2.48. The molecule has 2 amide bonds. The molecule has 0 aliphatic carbocycles. The van der Waals surface area contributed by atoms with Crippen molar-refractivity contribution in [1.29, 1.82) is 0 Å². The fourth-order valence-corrected chi connectivity index (χ4v) is 2.84. The van der Waals surface area contributed by atoms with Gasteiger partial charge >= 0.3 is 6.03 Å². The molecule has 1 aliphatic rings. The largest absolute Gasteiger partial charge is 0.322 e. The van der Waals surface area contributed by atoms with Crippen molar-refractivity contribution in [3.05, 3.63) is 66.2 Å². The monoisotopic (exact) mass is 295 g/mol. The summed E-state index contributed by atoms with van der Waals surface area (Å²) in [5.41, 5.74) is 2.01. The Kier molecular flexibility index (Phi) is 4.39. The third-order valence-corrected chi connectivity index (χ3v) is 4.05. The highest BCUT2D eigenvalue weighted by atomic mass is 16.2. The molecule has 1 saturated heterocycles. The molecule has 1 heterocycles. The molecule has 1 aliphatic heterocycles. The van der Waals surface area contributed by atoms with E-state index in [9.17, 15) is 4.79 Å². The molecule has 0 spiro atoms. The Hall–Kier alpha value is -2.33. The van der Waals surface area contributed by atoms with Gasteiger partial charge in [-0.3, -0.25) is 0 Å². The normalized spacial score (nSPS) is 19.0. The van der Waals surface area contributed by atoms with Crippen molar-refractivity contribution < 1.29 is 4.79 Å². The van der Waals surface area contributed by atoms with E-state index < -0.39 is 0 Å². The maximum atomic E-state index is 12.7. The minimum atomic E-state index is -0.0341. The van der Waals surface area contributed by atoms with E-state index in [-0.39, 0.29) is 12.1 Å². The number of para-hydroxylation sites is 1. The number of amides is 2. The van der Waals surface area contributed by atoms with Gasteiger partial charge in [0.25, 0.3) is 0 Å². The van der Waals surface area contributed by atoms with Gasteiger partial charge in [-0.1, -0.05) is 48.5 Å².